The molecule has 2 rings (SSSR count). The van der Waals surface area contributed by atoms with Crippen molar-refractivity contribution in [2.45, 2.75) is 38.6 Å². The van der Waals surface area contributed by atoms with Gasteiger partial charge >= 0.3 is 0 Å². The molecule has 2 aromatic rings. The predicted octanol–water partition coefficient (Wildman–Crippen LogP) is 2.69. The number of nitrogens with zero attached hydrogens (tertiary/aromatic N) is 2. The first-order valence-corrected chi connectivity index (χ1v) is 6.70. The number of hydrogen-bond donors (Lipinski definition) is 1. The molecule has 1 N–H and O–H groups in total. The SMILES string of the molecule is CNC(C)Cc1noc(C(C)(C)c2ccc(F)cc2)n1. The van der Waals surface area contributed by atoms with E-state index in [1.165, 1.54) is 12.1 Å². The van der Waals surface area contributed by atoms with Crippen LogP contribution in [0.3, 0.4) is 0 Å². The molecule has 0 spiro atoms. The Bertz CT molecular complexity index is 563. The van der Waals surface area contributed by atoms with E-state index in [0.717, 1.165) is 5.56 Å². The summed E-state index contributed by atoms with van der Waals surface area (Å²) in [4.78, 5) is 4.46. The van der Waals surface area contributed by atoms with E-state index in [2.05, 4.69) is 22.4 Å². The van der Waals surface area contributed by atoms with Crippen LogP contribution in [-0.4, -0.2) is 23.2 Å². The predicted molar refractivity (Wildman–Crippen MR) is 75.1 cm³/mol. The van der Waals surface area contributed by atoms with Crippen molar-refractivity contribution >= 4 is 0 Å². The van der Waals surface area contributed by atoms with Crippen LogP contribution in [0.4, 0.5) is 4.39 Å². The van der Waals surface area contributed by atoms with E-state index in [9.17, 15) is 4.39 Å². The standard InChI is InChI=1S/C15H20FN3O/c1-10(17-4)9-13-18-14(20-19-13)15(2,3)11-5-7-12(16)8-6-11/h5-8,10,17H,9H2,1-4H3. The zero-order chi connectivity index (χ0) is 14.8. The van der Waals surface area contributed by atoms with Gasteiger partial charge in [0.25, 0.3) is 0 Å². The van der Waals surface area contributed by atoms with Crippen molar-refractivity contribution in [3.05, 3.63) is 47.4 Å². The summed E-state index contributed by atoms with van der Waals surface area (Å²) in [6, 6.07) is 6.66. The maximum absolute atomic E-state index is 13.0. The van der Waals surface area contributed by atoms with Crippen LogP contribution >= 0.6 is 0 Å². The van der Waals surface area contributed by atoms with Gasteiger partial charge in [-0.25, -0.2) is 4.39 Å². The second kappa shape index (κ2) is 5.71. The molecule has 0 aliphatic heterocycles. The van der Waals surface area contributed by atoms with Crippen LogP contribution in [0.25, 0.3) is 0 Å². The fraction of sp³-hybridized carbons (Fsp3) is 0.467. The fourth-order valence-electron chi connectivity index (χ4n) is 1.96. The molecule has 1 aromatic heterocycles. The Morgan fingerprint density at radius 1 is 1.30 bits per heavy atom. The monoisotopic (exact) mass is 277 g/mol. The third kappa shape index (κ3) is 3.04. The Morgan fingerprint density at radius 2 is 1.95 bits per heavy atom. The summed E-state index contributed by atoms with van der Waals surface area (Å²) >= 11 is 0. The van der Waals surface area contributed by atoms with Gasteiger partial charge in [-0.15, -0.1) is 0 Å². The second-order valence-electron chi connectivity index (χ2n) is 5.54. The summed E-state index contributed by atoms with van der Waals surface area (Å²) in [5.74, 6) is 0.970. The highest BCUT2D eigenvalue weighted by Crippen LogP contribution is 2.30. The third-order valence-corrected chi connectivity index (χ3v) is 3.55. The average Bonchev–Trinajstić information content (AvgIpc) is 2.88. The van der Waals surface area contributed by atoms with E-state index in [0.29, 0.717) is 18.1 Å². The third-order valence-electron chi connectivity index (χ3n) is 3.55. The number of rotatable bonds is 5. The quantitative estimate of drug-likeness (QED) is 0.913. The van der Waals surface area contributed by atoms with E-state index in [1.807, 2.05) is 20.9 Å². The van der Waals surface area contributed by atoms with Crippen molar-refractivity contribution in [1.29, 1.82) is 0 Å². The van der Waals surface area contributed by atoms with E-state index >= 15 is 0 Å². The van der Waals surface area contributed by atoms with Gasteiger partial charge in [-0.3, -0.25) is 0 Å². The summed E-state index contributed by atoms with van der Waals surface area (Å²) < 4.78 is 18.4. The Balaban J connectivity index is 2.23. The molecule has 0 saturated heterocycles. The molecule has 20 heavy (non-hydrogen) atoms. The van der Waals surface area contributed by atoms with Crippen LogP contribution in [-0.2, 0) is 11.8 Å². The molecule has 0 radical (unpaired) electrons. The smallest absolute Gasteiger partial charge is 0.236 e. The van der Waals surface area contributed by atoms with Gasteiger partial charge in [-0.05, 0) is 45.5 Å². The number of hydrogen-bond acceptors (Lipinski definition) is 4. The van der Waals surface area contributed by atoms with E-state index in [4.69, 9.17) is 4.52 Å². The van der Waals surface area contributed by atoms with E-state index in [1.54, 1.807) is 12.1 Å². The van der Waals surface area contributed by atoms with Crippen molar-refractivity contribution in [2.24, 2.45) is 0 Å². The van der Waals surface area contributed by atoms with Crippen molar-refractivity contribution in [1.82, 2.24) is 15.5 Å². The summed E-state index contributed by atoms with van der Waals surface area (Å²) in [7, 11) is 1.90. The highest BCUT2D eigenvalue weighted by molar-refractivity contribution is 5.29. The minimum atomic E-state index is -0.443. The summed E-state index contributed by atoms with van der Waals surface area (Å²) in [5.41, 5.74) is 0.498. The van der Waals surface area contributed by atoms with Gasteiger partial charge in [-0.1, -0.05) is 17.3 Å². The molecule has 0 fully saturated rings. The van der Waals surface area contributed by atoms with Gasteiger partial charge in [0.2, 0.25) is 5.89 Å². The van der Waals surface area contributed by atoms with Crippen molar-refractivity contribution < 1.29 is 8.91 Å². The normalized spacial score (nSPS) is 13.4. The molecule has 1 atom stereocenters. The molecule has 108 valence electrons. The van der Waals surface area contributed by atoms with Gasteiger partial charge in [0.15, 0.2) is 5.82 Å². The molecule has 0 aliphatic carbocycles. The Morgan fingerprint density at radius 3 is 2.55 bits per heavy atom. The summed E-state index contributed by atoms with van der Waals surface area (Å²) in [5, 5.41) is 7.15. The van der Waals surface area contributed by atoms with Crippen LogP contribution in [0.15, 0.2) is 28.8 Å². The lowest BCUT2D eigenvalue weighted by molar-refractivity contribution is 0.328. The van der Waals surface area contributed by atoms with Crippen molar-refractivity contribution in [2.75, 3.05) is 7.05 Å². The lowest BCUT2D eigenvalue weighted by atomic mass is 9.84. The maximum atomic E-state index is 13.0. The van der Waals surface area contributed by atoms with Crippen LogP contribution < -0.4 is 5.32 Å². The van der Waals surface area contributed by atoms with Gasteiger partial charge in [-0.2, -0.15) is 4.98 Å². The minimum Gasteiger partial charge on any atom is -0.338 e. The highest BCUT2D eigenvalue weighted by atomic mass is 19.1. The van der Waals surface area contributed by atoms with Crippen LogP contribution in [0.5, 0.6) is 0 Å². The summed E-state index contributed by atoms with van der Waals surface area (Å²) in [6.45, 7) is 6.03. The van der Waals surface area contributed by atoms with Gasteiger partial charge in [0, 0.05) is 12.5 Å². The highest BCUT2D eigenvalue weighted by Gasteiger charge is 2.30. The Labute approximate surface area is 118 Å². The van der Waals surface area contributed by atoms with Crippen LogP contribution in [0.1, 0.15) is 38.0 Å². The van der Waals surface area contributed by atoms with Gasteiger partial charge < -0.3 is 9.84 Å². The molecule has 0 bridgehead atoms. The van der Waals surface area contributed by atoms with Crippen molar-refractivity contribution in [3.63, 3.8) is 0 Å². The molecule has 0 saturated carbocycles. The first-order valence-electron chi connectivity index (χ1n) is 6.70. The fourth-order valence-corrected chi connectivity index (χ4v) is 1.96. The molecule has 1 heterocycles. The largest absolute Gasteiger partial charge is 0.338 e. The second-order valence-corrected chi connectivity index (χ2v) is 5.54. The van der Waals surface area contributed by atoms with Gasteiger partial charge in [0.05, 0.1) is 5.41 Å². The van der Waals surface area contributed by atoms with Crippen LogP contribution in [0.2, 0.25) is 0 Å². The lowest BCUT2D eigenvalue weighted by Crippen LogP contribution is -2.24. The molecule has 1 unspecified atom stereocenters. The van der Waals surface area contributed by atoms with E-state index < -0.39 is 5.41 Å². The average molecular weight is 277 g/mol. The number of benzene rings is 1. The first-order chi connectivity index (χ1) is 9.43. The molecule has 1 aromatic carbocycles. The molecular weight excluding hydrogens is 257 g/mol. The molecular formula is C15H20FN3O. The number of likely N-dealkylation sites (N-methyl/N-ethyl adjacent to an activating group) is 1. The Hall–Kier alpha value is -1.75. The molecule has 0 aliphatic rings. The minimum absolute atomic E-state index is 0.251. The van der Waals surface area contributed by atoms with Crippen molar-refractivity contribution in [3.8, 4) is 0 Å². The van der Waals surface area contributed by atoms with E-state index in [-0.39, 0.29) is 11.9 Å². The molecule has 4 nitrogen and oxygen atoms in total. The van der Waals surface area contributed by atoms with Gasteiger partial charge in [0.1, 0.15) is 5.82 Å². The first kappa shape index (κ1) is 14.7. The zero-order valence-electron chi connectivity index (χ0n) is 12.3. The Kier molecular flexibility index (Phi) is 4.18. The maximum Gasteiger partial charge on any atom is 0.236 e. The van der Waals surface area contributed by atoms with Crippen LogP contribution in [0, 0.1) is 5.82 Å². The number of halogens is 1. The zero-order valence-corrected chi connectivity index (χ0v) is 12.3. The molecule has 0 amide bonds. The number of nitrogens with one attached hydrogen (secondary N) is 1. The summed E-state index contributed by atoms with van der Waals surface area (Å²) in [6.07, 6.45) is 0.708. The molecule has 5 heteroatoms. The lowest BCUT2D eigenvalue weighted by Gasteiger charge is -2.20. The number of aromatic nitrogens is 2. The topological polar surface area (TPSA) is 51.0 Å².